The number of hydrogen-bond donors (Lipinski definition) is 2. The van der Waals surface area contributed by atoms with Crippen molar-refractivity contribution in [2.24, 2.45) is 5.92 Å². The molecule has 0 aliphatic carbocycles. The first-order valence-corrected chi connectivity index (χ1v) is 8.79. The molecule has 1 aliphatic heterocycles. The predicted octanol–water partition coefficient (Wildman–Crippen LogP) is 1.85. The summed E-state index contributed by atoms with van der Waals surface area (Å²) in [6.45, 7) is 5.45. The van der Waals surface area contributed by atoms with E-state index in [1.165, 1.54) is 16.5 Å². The highest BCUT2D eigenvalue weighted by atomic mass is 16.5. The maximum absolute atomic E-state index is 10.1. The Labute approximate surface area is 143 Å². The average molecular weight is 332 g/mol. The van der Waals surface area contributed by atoms with Crippen LogP contribution >= 0.6 is 0 Å². The lowest BCUT2D eigenvalue weighted by Gasteiger charge is -2.34. The van der Waals surface area contributed by atoms with E-state index >= 15 is 0 Å². The fourth-order valence-corrected chi connectivity index (χ4v) is 3.64. The Kier molecular flexibility index (Phi) is 5.56. The van der Waals surface area contributed by atoms with Crippen LogP contribution < -0.4 is 0 Å². The number of ether oxygens (including phenoxy) is 1. The molecule has 5 heteroatoms. The third kappa shape index (κ3) is 3.64. The second-order valence-corrected chi connectivity index (χ2v) is 6.92. The SMILES string of the molecule is CCCn1cc(CN(C)C[C@@H]2COC[C@@H](O)[C@H]2O)c2ccccc21. The van der Waals surface area contributed by atoms with Crippen LogP contribution in [0.1, 0.15) is 18.9 Å². The molecule has 2 heterocycles. The molecule has 5 nitrogen and oxygen atoms in total. The molecule has 0 saturated carbocycles. The molecule has 0 bridgehead atoms. The first-order chi connectivity index (χ1) is 11.6. The molecule has 24 heavy (non-hydrogen) atoms. The second-order valence-electron chi connectivity index (χ2n) is 6.92. The zero-order chi connectivity index (χ0) is 17.1. The van der Waals surface area contributed by atoms with Gasteiger partial charge in [0.15, 0.2) is 0 Å². The minimum Gasteiger partial charge on any atom is -0.390 e. The van der Waals surface area contributed by atoms with Crippen LogP contribution in [0.3, 0.4) is 0 Å². The lowest BCUT2D eigenvalue weighted by Crippen LogP contribution is -2.47. The zero-order valence-electron chi connectivity index (χ0n) is 14.6. The fourth-order valence-electron chi connectivity index (χ4n) is 3.64. The molecule has 0 spiro atoms. The van der Waals surface area contributed by atoms with Crippen LogP contribution in [0, 0.1) is 5.92 Å². The fraction of sp³-hybridized carbons (Fsp3) is 0.579. The van der Waals surface area contributed by atoms with Crippen LogP contribution in [0.5, 0.6) is 0 Å². The molecule has 3 rings (SSSR count). The van der Waals surface area contributed by atoms with Crippen molar-refractivity contribution in [3.8, 4) is 0 Å². The Morgan fingerprint density at radius 3 is 2.83 bits per heavy atom. The van der Waals surface area contributed by atoms with Gasteiger partial charge in [-0.05, 0) is 25.1 Å². The largest absolute Gasteiger partial charge is 0.390 e. The lowest BCUT2D eigenvalue weighted by atomic mass is 9.96. The molecule has 0 amide bonds. The molecule has 1 aromatic heterocycles. The maximum Gasteiger partial charge on any atom is 0.104 e. The minimum absolute atomic E-state index is 0.0530. The summed E-state index contributed by atoms with van der Waals surface area (Å²) in [5.41, 5.74) is 2.58. The van der Waals surface area contributed by atoms with Crippen LogP contribution in [-0.4, -0.2) is 58.7 Å². The Bertz CT molecular complexity index is 670. The average Bonchev–Trinajstić information content (AvgIpc) is 2.90. The van der Waals surface area contributed by atoms with E-state index in [0.717, 1.165) is 19.5 Å². The smallest absolute Gasteiger partial charge is 0.104 e. The Morgan fingerprint density at radius 2 is 2.04 bits per heavy atom. The van der Waals surface area contributed by atoms with Gasteiger partial charge in [0.1, 0.15) is 6.10 Å². The highest BCUT2D eigenvalue weighted by Gasteiger charge is 2.31. The van der Waals surface area contributed by atoms with Gasteiger partial charge in [-0.2, -0.15) is 0 Å². The quantitative estimate of drug-likeness (QED) is 0.848. The van der Waals surface area contributed by atoms with E-state index in [9.17, 15) is 10.2 Å². The number of aliphatic hydroxyl groups is 2. The topological polar surface area (TPSA) is 57.9 Å². The van der Waals surface area contributed by atoms with E-state index in [1.54, 1.807) is 0 Å². The number of nitrogens with zero attached hydrogens (tertiary/aromatic N) is 2. The summed E-state index contributed by atoms with van der Waals surface area (Å²) in [6.07, 6.45) is 1.87. The van der Waals surface area contributed by atoms with Crippen LogP contribution in [0.4, 0.5) is 0 Å². The molecule has 1 saturated heterocycles. The Hall–Kier alpha value is -1.40. The van der Waals surface area contributed by atoms with Crippen LogP contribution in [0.2, 0.25) is 0 Å². The standard InChI is InChI=1S/C19H28N2O3/c1-3-8-21-11-14(16-6-4-5-7-17(16)21)9-20(2)10-15-12-24-13-18(22)19(15)23/h4-7,11,15,18-19,22-23H,3,8-10,12-13H2,1-2H3/t15-,18-,19+/m1/s1. The molecule has 0 unspecified atom stereocenters. The van der Waals surface area contributed by atoms with E-state index in [4.69, 9.17) is 4.74 Å². The van der Waals surface area contributed by atoms with Crippen LogP contribution in [-0.2, 0) is 17.8 Å². The van der Waals surface area contributed by atoms with Gasteiger partial charge in [0.05, 0.1) is 19.3 Å². The van der Waals surface area contributed by atoms with Crippen molar-refractivity contribution < 1.29 is 14.9 Å². The third-order valence-electron chi connectivity index (χ3n) is 4.82. The summed E-state index contributed by atoms with van der Waals surface area (Å²) < 4.78 is 7.70. The van der Waals surface area contributed by atoms with E-state index < -0.39 is 12.2 Å². The number of para-hydroxylation sites is 1. The van der Waals surface area contributed by atoms with Crippen molar-refractivity contribution in [1.29, 1.82) is 0 Å². The third-order valence-corrected chi connectivity index (χ3v) is 4.82. The summed E-state index contributed by atoms with van der Waals surface area (Å²) in [5, 5.41) is 21.2. The van der Waals surface area contributed by atoms with Crippen LogP contribution in [0.25, 0.3) is 10.9 Å². The number of aliphatic hydroxyl groups excluding tert-OH is 2. The van der Waals surface area contributed by atoms with Gasteiger partial charge in [0.2, 0.25) is 0 Å². The number of rotatable bonds is 6. The molecule has 3 atom stereocenters. The van der Waals surface area contributed by atoms with Gasteiger partial charge in [-0.15, -0.1) is 0 Å². The van der Waals surface area contributed by atoms with Gasteiger partial charge in [-0.3, -0.25) is 0 Å². The van der Waals surface area contributed by atoms with Gasteiger partial charge in [-0.25, -0.2) is 0 Å². The number of benzene rings is 1. The van der Waals surface area contributed by atoms with E-state index in [-0.39, 0.29) is 12.5 Å². The van der Waals surface area contributed by atoms with Crippen LogP contribution in [0.15, 0.2) is 30.5 Å². The maximum atomic E-state index is 10.1. The van der Waals surface area contributed by atoms with E-state index in [0.29, 0.717) is 13.2 Å². The second kappa shape index (κ2) is 7.66. The summed E-state index contributed by atoms with van der Waals surface area (Å²) in [7, 11) is 2.06. The zero-order valence-corrected chi connectivity index (χ0v) is 14.6. The number of aromatic nitrogens is 1. The van der Waals surface area contributed by atoms with Gasteiger partial charge in [0.25, 0.3) is 0 Å². The number of fused-ring (bicyclic) bond motifs is 1. The molecule has 1 aromatic carbocycles. The molecular formula is C19H28N2O3. The van der Waals surface area contributed by atoms with Gasteiger partial charge in [-0.1, -0.05) is 25.1 Å². The van der Waals surface area contributed by atoms with Crippen molar-refractivity contribution >= 4 is 10.9 Å². The molecule has 1 aliphatic rings. The normalized spacial score (nSPS) is 24.8. The lowest BCUT2D eigenvalue weighted by molar-refractivity contribution is -0.125. The van der Waals surface area contributed by atoms with Crippen molar-refractivity contribution in [1.82, 2.24) is 9.47 Å². The molecular weight excluding hydrogens is 304 g/mol. The summed E-state index contributed by atoms with van der Waals surface area (Å²) >= 11 is 0. The monoisotopic (exact) mass is 332 g/mol. The molecule has 1 fully saturated rings. The van der Waals surface area contributed by atoms with E-state index in [2.05, 4.69) is 53.9 Å². The van der Waals surface area contributed by atoms with Gasteiger partial charge in [0, 0.05) is 42.7 Å². The molecule has 132 valence electrons. The summed E-state index contributed by atoms with van der Waals surface area (Å²) in [6, 6.07) is 8.51. The van der Waals surface area contributed by atoms with Crippen molar-refractivity contribution in [2.75, 3.05) is 26.8 Å². The minimum atomic E-state index is -0.774. The Balaban J connectivity index is 1.72. The molecule has 2 aromatic rings. The number of aryl methyl sites for hydroxylation is 1. The van der Waals surface area contributed by atoms with Crippen molar-refractivity contribution in [3.63, 3.8) is 0 Å². The van der Waals surface area contributed by atoms with Gasteiger partial charge < -0.3 is 24.4 Å². The first kappa shape index (κ1) is 17.4. The highest BCUT2D eigenvalue weighted by molar-refractivity contribution is 5.83. The van der Waals surface area contributed by atoms with Crippen molar-refractivity contribution in [2.45, 2.75) is 38.6 Å². The summed E-state index contributed by atoms with van der Waals surface area (Å²) in [5.74, 6) is -0.0530. The summed E-state index contributed by atoms with van der Waals surface area (Å²) in [4.78, 5) is 2.20. The molecule has 2 N–H and O–H groups in total. The Morgan fingerprint density at radius 1 is 1.25 bits per heavy atom. The van der Waals surface area contributed by atoms with Crippen molar-refractivity contribution in [3.05, 3.63) is 36.0 Å². The first-order valence-electron chi connectivity index (χ1n) is 8.79. The molecule has 0 radical (unpaired) electrons. The van der Waals surface area contributed by atoms with E-state index in [1.807, 2.05) is 0 Å². The van der Waals surface area contributed by atoms with Gasteiger partial charge >= 0.3 is 0 Å². The highest BCUT2D eigenvalue weighted by Crippen LogP contribution is 2.24. The number of hydrogen-bond acceptors (Lipinski definition) is 4. The predicted molar refractivity (Wildman–Crippen MR) is 94.9 cm³/mol.